The number of carbonyl (C=O) groups is 1. The lowest BCUT2D eigenvalue weighted by Gasteiger charge is -2.27. The molecule has 0 spiro atoms. The van der Waals surface area contributed by atoms with Crippen molar-refractivity contribution in [1.29, 1.82) is 0 Å². The van der Waals surface area contributed by atoms with Crippen LogP contribution in [0.4, 0.5) is 10.1 Å². The van der Waals surface area contributed by atoms with E-state index in [0.29, 0.717) is 0 Å². The second kappa shape index (κ2) is 3.53. The Hall–Kier alpha value is -1.58. The van der Waals surface area contributed by atoms with Crippen LogP contribution < -0.4 is 4.90 Å². The Balaban J connectivity index is 2.54. The quantitative estimate of drug-likeness (QED) is 0.768. The fourth-order valence-corrected chi connectivity index (χ4v) is 1.95. The molecular formula is C11H12FNO2. The van der Waals surface area contributed by atoms with Gasteiger partial charge in [-0.15, -0.1) is 0 Å². The number of hydrogen-bond donors (Lipinski definition) is 1. The van der Waals surface area contributed by atoms with Crippen molar-refractivity contribution in [2.45, 2.75) is 12.8 Å². The first-order chi connectivity index (χ1) is 7.09. The van der Waals surface area contributed by atoms with E-state index in [4.69, 9.17) is 5.11 Å². The normalized spacial score (nSPS) is 14.9. The average Bonchev–Trinajstić information content (AvgIpc) is 2.18. The minimum atomic E-state index is -1.21. The molecule has 1 aliphatic heterocycles. The number of fused-ring (bicyclic) bond motifs is 1. The third kappa shape index (κ3) is 1.67. The van der Waals surface area contributed by atoms with Gasteiger partial charge in [-0.3, -0.25) is 0 Å². The van der Waals surface area contributed by atoms with E-state index in [0.717, 1.165) is 30.6 Å². The minimum Gasteiger partial charge on any atom is -0.478 e. The van der Waals surface area contributed by atoms with Crippen LogP contribution in [0.15, 0.2) is 12.1 Å². The van der Waals surface area contributed by atoms with Gasteiger partial charge in [0.1, 0.15) is 5.82 Å². The molecule has 15 heavy (non-hydrogen) atoms. The third-order valence-corrected chi connectivity index (χ3v) is 2.75. The number of carboxylic acids is 1. The number of nitrogens with zero attached hydrogens (tertiary/aromatic N) is 1. The van der Waals surface area contributed by atoms with Crippen LogP contribution in [0.5, 0.6) is 0 Å². The summed E-state index contributed by atoms with van der Waals surface area (Å²) in [7, 11) is 1.89. The summed E-state index contributed by atoms with van der Waals surface area (Å²) in [6, 6.07) is 2.76. The summed E-state index contributed by atoms with van der Waals surface area (Å²) in [4.78, 5) is 12.7. The molecule has 1 N–H and O–H groups in total. The Labute approximate surface area is 87.1 Å². The Kier molecular flexibility index (Phi) is 2.34. The summed E-state index contributed by atoms with van der Waals surface area (Å²) < 4.78 is 13.4. The Bertz CT molecular complexity index is 417. The fraction of sp³-hybridized carbons (Fsp3) is 0.364. The van der Waals surface area contributed by atoms with Crippen LogP contribution in [0.2, 0.25) is 0 Å². The topological polar surface area (TPSA) is 40.5 Å². The van der Waals surface area contributed by atoms with Gasteiger partial charge in [0.05, 0.1) is 5.56 Å². The smallest absolute Gasteiger partial charge is 0.338 e. The van der Waals surface area contributed by atoms with Crippen molar-refractivity contribution in [3.63, 3.8) is 0 Å². The molecule has 0 bridgehead atoms. The van der Waals surface area contributed by atoms with Crippen molar-refractivity contribution in [3.05, 3.63) is 29.1 Å². The van der Waals surface area contributed by atoms with Gasteiger partial charge in [-0.25, -0.2) is 9.18 Å². The van der Waals surface area contributed by atoms with Gasteiger partial charge in [-0.1, -0.05) is 0 Å². The number of rotatable bonds is 1. The largest absolute Gasteiger partial charge is 0.478 e. The van der Waals surface area contributed by atoms with Gasteiger partial charge in [0.25, 0.3) is 0 Å². The second-order valence-electron chi connectivity index (χ2n) is 3.79. The molecule has 2 rings (SSSR count). The number of aromatic carboxylic acids is 1. The van der Waals surface area contributed by atoms with E-state index in [2.05, 4.69) is 0 Å². The molecule has 1 aromatic rings. The number of aryl methyl sites for hydroxylation is 1. The maximum Gasteiger partial charge on any atom is 0.338 e. The summed E-state index contributed by atoms with van der Waals surface area (Å²) in [5.74, 6) is -1.86. The highest BCUT2D eigenvalue weighted by Crippen LogP contribution is 2.28. The van der Waals surface area contributed by atoms with Crippen molar-refractivity contribution >= 4 is 11.7 Å². The van der Waals surface area contributed by atoms with Crippen molar-refractivity contribution < 1.29 is 14.3 Å². The number of halogens is 1. The zero-order chi connectivity index (χ0) is 11.0. The van der Waals surface area contributed by atoms with E-state index in [-0.39, 0.29) is 5.56 Å². The maximum absolute atomic E-state index is 13.4. The van der Waals surface area contributed by atoms with Gasteiger partial charge in [0.2, 0.25) is 0 Å². The second-order valence-corrected chi connectivity index (χ2v) is 3.79. The van der Waals surface area contributed by atoms with Gasteiger partial charge < -0.3 is 10.0 Å². The van der Waals surface area contributed by atoms with Crippen LogP contribution in [-0.4, -0.2) is 24.7 Å². The first-order valence-electron chi connectivity index (χ1n) is 4.86. The van der Waals surface area contributed by atoms with Crippen molar-refractivity contribution in [3.8, 4) is 0 Å². The molecule has 0 aromatic heterocycles. The Morgan fingerprint density at radius 3 is 2.93 bits per heavy atom. The lowest BCUT2D eigenvalue weighted by atomic mass is 9.99. The average molecular weight is 209 g/mol. The molecule has 0 fully saturated rings. The van der Waals surface area contributed by atoms with Gasteiger partial charge in [0, 0.05) is 19.3 Å². The van der Waals surface area contributed by atoms with Gasteiger partial charge in [0.15, 0.2) is 0 Å². The van der Waals surface area contributed by atoms with Crippen LogP contribution in [-0.2, 0) is 6.42 Å². The first kappa shape index (κ1) is 9.96. The summed E-state index contributed by atoms with van der Waals surface area (Å²) in [5.41, 5.74) is 1.50. The Morgan fingerprint density at radius 2 is 2.27 bits per heavy atom. The maximum atomic E-state index is 13.4. The monoisotopic (exact) mass is 209 g/mol. The molecule has 0 saturated carbocycles. The van der Waals surface area contributed by atoms with Crippen LogP contribution in [0.3, 0.4) is 0 Å². The molecule has 4 heteroatoms. The highest BCUT2D eigenvalue weighted by Gasteiger charge is 2.19. The summed E-state index contributed by atoms with van der Waals surface area (Å²) >= 11 is 0. The zero-order valence-electron chi connectivity index (χ0n) is 8.46. The van der Waals surface area contributed by atoms with Crippen molar-refractivity contribution in [2.75, 3.05) is 18.5 Å². The molecule has 0 atom stereocenters. The minimum absolute atomic E-state index is 0.232. The van der Waals surface area contributed by atoms with E-state index < -0.39 is 11.8 Å². The third-order valence-electron chi connectivity index (χ3n) is 2.75. The SMILES string of the molecule is CN1CCCc2cc(C(=O)O)c(F)cc21. The summed E-state index contributed by atoms with van der Waals surface area (Å²) in [5, 5.41) is 8.78. The predicted molar refractivity (Wildman–Crippen MR) is 55.0 cm³/mol. The predicted octanol–water partition coefficient (Wildman–Crippen LogP) is 1.91. The van der Waals surface area contributed by atoms with E-state index >= 15 is 0 Å². The van der Waals surface area contributed by atoms with E-state index in [1.807, 2.05) is 11.9 Å². The van der Waals surface area contributed by atoms with Crippen LogP contribution in [0.25, 0.3) is 0 Å². The number of benzene rings is 1. The number of carboxylic acid groups (broad SMARTS) is 1. The molecule has 0 saturated heterocycles. The highest BCUT2D eigenvalue weighted by molar-refractivity contribution is 5.89. The van der Waals surface area contributed by atoms with E-state index in [1.54, 1.807) is 0 Å². The molecule has 80 valence electrons. The summed E-state index contributed by atoms with van der Waals surface area (Å²) in [6.45, 7) is 0.888. The highest BCUT2D eigenvalue weighted by atomic mass is 19.1. The van der Waals surface area contributed by atoms with Crippen LogP contribution in [0.1, 0.15) is 22.3 Å². The van der Waals surface area contributed by atoms with E-state index in [9.17, 15) is 9.18 Å². The first-order valence-corrected chi connectivity index (χ1v) is 4.86. The lowest BCUT2D eigenvalue weighted by Crippen LogP contribution is -2.25. The number of anilines is 1. The molecule has 0 amide bonds. The molecule has 0 unspecified atom stereocenters. The van der Waals surface area contributed by atoms with Gasteiger partial charge in [-0.2, -0.15) is 0 Å². The van der Waals surface area contributed by atoms with Crippen molar-refractivity contribution in [1.82, 2.24) is 0 Å². The fourth-order valence-electron chi connectivity index (χ4n) is 1.95. The molecular weight excluding hydrogens is 197 g/mol. The lowest BCUT2D eigenvalue weighted by molar-refractivity contribution is 0.0692. The Morgan fingerprint density at radius 1 is 1.53 bits per heavy atom. The van der Waals surface area contributed by atoms with Crippen LogP contribution in [0, 0.1) is 5.82 Å². The zero-order valence-corrected chi connectivity index (χ0v) is 8.46. The molecule has 0 aliphatic carbocycles. The molecule has 1 heterocycles. The molecule has 3 nitrogen and oxygen atoms in total. The standard InChI is InChI=1S/C11H12FNO2/c1-13-4-2-3-7-5-8(11(14)15)9(12)6-10(7)13/h5-6H,2-4H2,1H3,(H,14,15). The summed E-state index contributed by atoms with van der Waals surface area (Å²) in [6.07, 6.45) is 1.80. The molecule has 1 aromatic carbocycles. The number of hydrogen-bond acceptors (Lipinski definition) is 2. The van der Waals surface area contributed by atoms with E-state index in [1.165, 1.54) is 12.1 Å². The van der Waals surface area contributed by atoms with Gasteiger partial charge in [-0.05, 0) is 30.5 Å². The van der Waals surface area contributed by atoms with Crippen molar-refractivity contribution in [2.24, 2.45) is 0 Å². The molecule has 0 radical (unpaired) electrons. The van der Waals surface area contributed by atoms with Crippen LogP contribution >= 0.6 is 0 Å². The van der Waals surface area contributed by atoms with Gasteiger partial charge >= 0.3 is 5.97 Å². The molecule has 1 aliphatic rings.